The molecular formula is C13H21BrN2. The van der Waals surface area contributed by atoms with Gasteiger partial charge in [-0.25, -0.2) is 0 Å². The molecule has 1 aromatic carbocycles. The highest BCUT2D eigenvalue weighted by Gasteiger charge is 2.15. The first-order chi connectivity index (χ1) is 7.55. The first-order valence-corrected chi connectivity index (χ1v) is 6.49. The van der Waals surface area contributed by atoms with E-state index in [1.807, 2.05) is 6.07 Å². The molecule has 0 bridgehead atoms. The van der Waals surface area contributed by atoms with Crippen LogP contribution in [0.2, 0.25) is 0 Å². The van der Waals surface area contributed by atoms with Crippen LogP contribution in [-0.2, 0) is 6.54 Å². The molecule has 0 aromatic heterocycles. The van der Waals surface area contributed by atoms with Gasteiger partial charge in [0.25, 0.3) is 0 Å². The van der Waals surface area contributed by atoms with E-state index in [-0.39, 0.29) is 5.41 Å². The van der Waals surface area contributed by atoms with Crippen LogP contribution in [0.1, 0.15) is 25.8 Å². The summed E-state index contributed by atoms with van der Waals surface area (Å²) in [5.41, 5.74) is 7.16. The maximum atomic E-state index is 5.59. The fraction of sp³-hybridized carbons (Fsp3) is 0.538. The van der Waals surface area contributed by atoms with Gasteiger partial charge in [-0.15, -0.1) is 0 Å². The van der Waals surface area contributed by atoms with Crippen LogP contribution in [0.5, 0.6) is 0 Å². The molecule has 1 rings (SSSR count). The Morgan fingerprint density at radius 3 is 2.62 bits per heavy atom. The molecule has 0 aliphatic rings. The van der Waals surface area contributed by atoms with Gasteiger partial charge in [0.1, 0.15) is 0 Å². The second kappa shape index (κ2) is 6.38. The predicted octanol–water partition coefficient (Wildman–Crippen LogP) is 2.91. The van der Waals surface area contributed by atoms with E-state index in [1.54, 1.807) is 0 Å². The lowest BCUT2D eigenvalue weighted by Gasteiger charge is -2.24. The molecule has 0 heterocycles. The fourth-order valence-electron chi connectivity index (χ4n) is 1.66. The van der Waals surface area contributed by atoms with E-state index < -0.39 is 0 Å². The van der Waals surface area contributed by atoms with E-state index in [1.165, 1.54) is 10.0 Å². The van der Waals surface area contributed by atoms with Crippen LogP contribution in [0, 0.1) is 5.41 Å². The standard InChI is InChI=1S/C13H21BrN2/c1-13(2,7-8-15)10-16-9-11-5-3-4-6-12(11)14/h3-6,16H,7-10,15H2,1-2H3. The highest BCUT2D eigenvalue weighted by atomic mass is 79.9. The third-order valence-corrected chi connectivity index (χ3v) is 3.47. The Morgan fingerprint density at radius 2 is 2.00 bits per heavy atom. The van der Waals surface area contributed by atoms with Crippen molar-refractivity contribution in [2.24, 2.45) is 11.1 Å². The third-order valence-electron chi connectivity index (χ3n) is 2.70. The highest BCUT2D eigenvalue weighted by Crippen LogP contribution is 2.19. The predicted molar refractivity (Wildman–Crippen MR) is 73.3 cm³/mol. The number of rotatable bonds is 6. The van der Waals surface area contributed by atoms with Crippen LogP contribution in [0.15, 0.2) is 28.7 Å². The maximum Gasteiger partial charge on any atom is 0.0220 e. The molecule has 3 heteroatoms. The van der Waals surface area contributed by atoms with Crippen LogP contribution < -0.4 is 11.1 Å². The number of halogens is 1. The van der Waals surface area contributed by atoms with Crippen molar-refractivity contribution in [2.45, 2.75) is 26.8 Å². The number of hydrogen-bond acceptors (Lipinski definition) is 2. The Kier molecular flexibility index (Phi) is 5.46. The smallest absolute Gasteiger partial charge is 0.0220 e. The summed E-state index contributed by atoms with van der Waals surface area (Å²) in [6.07, 6.45) is 1.05. The molecule has 0 saturated carbocycles. The molecule has 0 radical (unpaired) electrons. The minimum Gasteiger partial charge on any atom is -0.330 e. The molecule has 1 aromatic rings. The largest absolute Gasteiger partial charge is 0.330 e. The minimum atomic E-state index is 0.274. The molecule has 0 amide bonds. The minimum absolute atomic E-state index is 0.274. The molecular weight excluding hydrogens is 264 g/mol. The highest BCUT2D eigenvalue weighted by molar-refractivity contribution is 9.10. The van der Waals surface area contributed by atoms with Crippen molar-refractivity contribution in [1.29, 1.82) is 0 Å². The second-order valence-corrected chi connectivity index (χ2v) is 5.75. The zero-order valence-corrected chi connectivity index (χ0v) is 11.7. The lowest BCUT2D eigenvalue weighted by Crippen LogP contribution is -2.31. The van der Waals surface area contributed by atoms with Crippen LogP contribution >= 0.6 is 15.9 Å². The summed E-state index contributed by atoms with van der Waals surface area (Å²) < 4.78 is 1.17. The molecule has 90 valence electrons. The van der Waals surface area contributed by atoms with Crippen molar-refractivity contribution in [1.82, 2.24) is 5.32 Å². The van der Waals surface area contributed by atoms with Gasteiger partial charge < -0.3 is 11.1 Å². The Balaban J connectivity index is 2.39. The number of hydrogen-bond donors (Lipinski definition) is 2. The van der Waals surface area contributed by atoms with Crippen molar-refractivity contribution in [2.75, 3.05) is 13.1 Å². The normalized spacial score (nSPS) is 11.8. The van der Waals surface area contributed by atoms with Crippen LogP contribution in [0.3, 0.4) is 0 Å². The van der Waals surface area contributed by atoms with E-state index in [2.05, 4.69) is 53.3 Å². The van der Waals surface area contributed by atoms with Gasteiger partial charge in [0.2, 0.25) is 0 Å². The first kappa shape index (κ1) is 13.7. The summed E-state index contributed by atoms with van der Waals surface area (Å²) in [6, 6.07) is 8.30. The Morgan fingerprint density at radius 1 is 1.31 bits per heavy atom. The second-order valence-electron chi connectivity index (χ2n) is 4.90. The molecule has 0 spiro atoms. The molecule has 16 heavy (non-hydrogen) atoms. The molecule has 0 saturated heterocycles. The van der Waals surface area contributed by atoms with Gasteiger partial charge in [-0.1, -0.05) is 48.0 Å². The molecule has 0 fully saturated rings. The summed E-state index contributed by atoms with van der Waals surface area (Å²) in [6.45, 7) is 7.13. The molecule has 0 unspecified atom stereocenters. The van der Waals surface area contributed by atoms with Gasteiger partial charge in [-0.3, -0.25) is 0 Å². The van der Waals surface area contributed by atoms with Gasteiger partial charge in [-0.05, 0) is 30.0 Å². The van der Waals surface area contributed by atoms with Gasteiger partial charge in [0.15, 0.2) is 0 Å². The van der Waals surface area contributed by atoms with Crippen LogP contribution in [-0.4, -0.2) is 13.1 Å². The van der Waals surface area contributed by atoms with E-state index in [9.17, 15) is 0 Å². The SMILES string of the molecule is CC(C)(CCN)CNCc1ccccc1Br. The monoisotopic (exact) mass is 284 g/mol. The zero-order valence-electron chi connectivity index (χ0n) is 10.1. The summed E-state index contributed by atoms with van der Waals surface area (Å²) in [5.74, 6) is 0. The molecule has 0 aliphatic carbocycles. The lowest BCUT2D eigenvalue weighted by atomic mass is 9.89. The summed E-state index contributed by atoms with van der Waals surface area (Å²) in [4.78, 5) is 0. The van der Waals surface area contributed by atoms with E-state index in [0.29, 0.717) is 0 Å². The molecule has 0 atom stereocenters. The Hall–Kier alpha value is -0.380. The topological polar surface area (TPSA) is 38.0 Å². The van der Waals surface area contributed by atoms with Gasteiger partial charge in [0, 0.05) is 17.6 Å². The number of benzene rings is 1. The maximum absolute atomic E-state index is 5.59. The molecule has 0 aliphatic heterocycles. The van der Waals surface area contributed by atoms with Gasteiger partial charge >= 0.3 is 0 Å². The fourth-order valence-corrected chi connectivity index (χ4v) is 2.08. The number of nitrogens with one attached hydrogen (secondary N) is 1. The van der Waals surface area contributed by atoms with Crippen molar-refractivity contribution in [3.05, 3.63) is 34.3 Å². The average molecular weight is 285 g/mol. The first-order valence-electron chi connectivity index (χ1n) is 5.69. The van der Waals surface area contributed by atoms with Crippen molar-refractivity contribution in [3.63, 3.8) is 0 Å². The molecule has 2 nitrogen and oxygen atoms in total. The number of nitrogens with two attached hydrogens (primary N) is 1. The van der Waals surface area contributed by atoms with Gasteiger partial charge in [0.05, 0.1) is 0 Å². The Labute approximate surface area is 107 Å². The van der Waals surface area contributed by atoms with Crippen molar-refractivity contribution < 1.29 is 0 Å². The quantitative estimate of drug-likeness (QED) is 0.843. The van der Waals surface area contributed by atoms with Crippen molar-refractivity contribution >= 4 is 15.9 Å². The third kappa shape index (κ3) is 4.64. The average Bonchev–Trinajstić information content (AvgIpc) is 2.20. The van der Waals surface area contributed by atoms with E-state index in [0.717, 1.165) is 26.1 Å². The summed E-state index contributed by atoms with van der Waals surface area (Å²) in [5, 5.41) is 3.48. The zero-order chi connectivity index (χ0) is 12.0. The van der Waals surface area contributed by atoms with E-state index >= 15 is 0 Å². The Bertz CT molecular complexity index is 323. The molecule has 3 N–H and O–H groups in total. The summed E-state index contributed by atoms with van der Waals surface area (Å²) in [7, 11) is 0. The lowest BCUT2D eigenvalue weighted by molar-refractivity contribution is 0.319. The van der Waals surface area contributed by atoms with Crippen LogP contribution in [0.4, 0.5) is 0 Å². The summed E-state index contributed by atoms with van der Waals surface area (Å²) >= 11 is 3.55. The van der Waals surface area contributed by atoms with Crippen molar-refractivity contribution in [3.8, 4) is 0 Å². The van der Waals surface area contributed by atoms with Crippen LogP contribution in [0.25, 0.3) is 0 Å². The van der Waals surface area contributed by atoms with Gasteiger partial charge in [-0.2, -0.15) is 0 Å². The van der Waals surface area contributed by atoms with E-state index in [4.69, 9.17) is 5.73 Å².